The summed E-state index contributed by atoms with van der Waals surface area (Å²) >= 11 is 0. The fourth-order valence-corrected chi connectivity index (χ4v) is 2.01. The summed E-state index contributed by atoms with van der Waals surface area (Å²) in [7, 11) is 0. The molecular weight excluding hydrogens is 202 g/mol. The molecule has 0 radical (unpaired) electrons. The number of nitrogens with one attached hydrogen (secondary N) is 2. The van der Waals surface area contributed by atoms with E-state index in [2.05, 4.69) is 15.6 Å². The summed E-state index contributed by atoms with van der Waals surface area (Å²) in [6, 6.07) is 3.67. The standard InChI is InChI=1S/C12H17N3O/c16-12(7-10-3-1-5-13-8-10)15-11-4-2-6-14-9-11/h2,4,6,9-10,13H,1,3,5,7-8H2,(H,15,16). The van der Waals surface area contributed by atoms with Gasteiger partial charge >= 0.3 is 0 Å². The van der Waals surface area contributed by atoms with Gasteiger partial charge in [-0.1, -0.05) is 0 Å². The van der Waals surface area contributed by atoms with Crippen molar-refractivity contribution in [2.75, 3.05) is 18.4 Å². The average molecular weight is 219 g/mol. The number of anilines is 1. The van der Waals surface area contributed by atoms with Gasteiger partial charge in [-0.25, -0.2) is 0 Å². The van der Waals surface area contributed by atoms with E-state index in [1.54, 1.807) is 12.4 Å². The zero-order valence-electron chi connectivity index (χ0n) is 9.28. The van der Waals surface area contributed by atoms with Crippen LogP contribution in [0.4, 0.5) is 5.69 Å². The number of aromatic nitrogens is 1. The fourth-order valence-electron chi connectivity index (χ4n) is 2.01. The molecule has 1 fully saturated rings. The van der Waals surface area contributed by atoms with Crippen LogP contribution in [-0.4, -0.2) is 24.0 Å². The van der Waals surface area contributed by atoms with Gasteiger partial charge in [0.2, 0.25) is 5.91 Å². The van der Waals surface area contributed by atoms with Gasteiger partial charge in [0.25, 0.3) is 0 Å². The highest BCUT2D eigenvalue weighted by molar-refractivity contribution is 5.90. The molecule has 4 nitrogen and oxygen atoms in total. The summed E-state index contributed by atoms with van der Waals surface area (Å²) in [5.74, 6) is 0.562. The van der Waals surface area contributed by atoms with Crippen molar-refractivity contribution < 1.29 is 4.79 Å². The third-order valence-electron chi connectivity index (χ3n) is 2.82. The Hall–Kier alpha value is -1.42. The molecule has 0 saturated carbocycles. The van der Waals surface area contributed by atoms with Crippen LogP contribution < -0.4 is 10.6 Å². The lowest BCUT2D eigenvalue weighted by Crippen LogP contribution is -2.32. The smallest absolute Gasteiger partial charge is 0.224 e. The zero-order chi connectivity index (χ0) is 11.2. The number of rotatable bonds is 3. The number of piperidine rings is 1. The number of nitrogens with zero attached hydrogens (tertiary/aromatic N) is 1. The minimum Gasteiger partial charge on any atom is -0.325 e. The molecule has 1 aromatic rings. The highest BCUT2D eigenvalue weighted by atomic mass is 16.1. The maximum Gasteiger partial charge on any atom is 0.224 e. The van der Waals surface area contributed by atoms with E-state index < -0.39 is 0 Å². The van der Waals surface area contributed by atoms with Crippen LogP contribution in [0, 0.1) is 5.92 Å². The Morgan fingerprint density at radius 1 is 1.62 bits per heavy atom. The second-order valence-corrected chi connectivity index (χ2v) is 4.21. The van der Waals surface area contributed by atoms with E-state index in [0.29, 0.717) is 12.3 Å². The largest absolute Gasteiger partial charge is 0.325 e. The van der Waals surface area contributed by atoms with Crippen LogP contribution >= 0.6 is 0 Å². The molecular formula is C12H17N3O. The van der Waals surface area contributed by atoms with Crippen LogP contribution in [-0.2, 0) is 4.79 Å². The number of hydrogen-bond donors (Lipinski definition) is 2. The molecule has 1 amide bonds. The maximum absolute atomic E-state index is 11.7. The normalized spacial score (nSPS) is 20.4. The van der Waals surface area contributed by atoms with Gasteiger partial charge in [-0.15, -0.1) is 0 Å². The molecule has 0 aliphatic carbocycles. The van der Waals surface area contributed by atoms with Gasteiger partial charge in [0.15, 0.2) is 0 Å². The van der Waals surface area contributed by atoms with Crippen LogP contribution in [0.5, 0.6) is 0 Å². The SMILES string of the molecule is O=C(CC1CCCNC1)Nc1cccnc1. The van der Waals surface area contributed by atoms with Gasteiger partial charge in [-0.2, -0.15) is 0 Å². The molecule has 16 heavy (non-hydrogen) atoms. The second kappa shape index (κ2) is 5.61. The predicted molar refractivity (Wildman–Crippen MR) is 63.1 cm³/mol. The molecule has 0 aromatic carbocycles. The van der Waals surface area contributed by atoms with Crippen LogP contribution in [0.3, 0.4) is 0 Å². The van der Waals surface area contributed by atoms with Gasteiger partial charge < -0.3 is 10.6 Å². The van der Waals surface area contributed by atoms with Crippen molar-refractivity contribution in [1.82, 2.24) is 10.3 Å². The van der Waals surface area contributed by atoms with Crippen LogP contribution in [0.1, 0.15) is 19.3 Å². The molecule has 1 unspecified atom stereocenters. The van der Waals surface area contributed by atoms with E-state index in [1.807, 2.05) is 12.1 Å². The van der Waals surface area contributed by atoms with Gasteiger partial charge in [-0.05, 0) is 44.0 Å². The van der Waals surface area contributed by atoms with E-state index in [0.717, 1.165) is 25.2 Å². The lowest BCUT2D eigenvalue weighted by molar-refractivity contribution is -0.117. The molecule has 4 heteroatoms. The van der Waals surface area contributed by atoms with Crippen molar-refractivity contribution in [3.63, 3.8) is 0 Å². The highest BCUT2D eigenvalue weighted by Gasteiger charge is 2.16. The molecule has 2 N–H and O–H groups in total. The average Bonchev–Trinajstić information content (AvgIpc) is 2.31. The van der Waals surface area contributed by atoms with E-state index >= 15 is 0 Å². The molecule has 0 spiro atoms. The van der Waals surface area contributed by atoms with Crippen molar-refractivity contribution >= 4 is 11.6 Å². The summed E-state index contributed by atoms with van der Waals surface area (Å²) in [5, 5.41) is 6.17. The fraction of sp³-hybridized carbons (Fsp3) is 0.500. The minimum absolute atomic E-state index is 0.0849. The van der Waals surface area contributed by atoms with Gasteiger partial charge in [0.1, 0.15) is 0 Å². The molecule has 1 saturated heterocycles. The molecule has 86 valence electrons. The first-order valence-corrected chi connectivity index (χ1v) is 5.75. The van der Waals surface area contributed by atoms with Crippen LogP contribution in [0.15, 0.2) is 24.5 Å². The zero-order valence-corrected chi connectivity index (χ0v) is 9.28. The highest BCUT2D eigenvalue weighted by Crippen LogP contribution is 2.15. The lowest BCUT2D eigenvalue weighted by Gasteiger charge is -2.21. The van der Waals surface area contributed by atoms with E-state index in [-0.39, 0.29) is 5.91 Å². The summed E-state index contributed by atoms with van der Waals surface area (Å²) in [6.07, 6.45) is 6.28. The first kappa shape index (κ1) is 11.1. The van der Waals surface area contributed by atoms with Crippen molar-refractivity contribution in [3.05, 3.63) is 24.5 Å². The molecule has 2 heterocycles. The van der Waals surface area contributed by atoms with Gasteiger partial charge in [0.05, 0.1) is 11.9 Å². The van der Waals surface area contributed by atoms with Gasteiger partial charge in [0, 0.05) is 12.6 Å². The topological polar surface area (TPSA) is 54.0 Å². The Balaban J connectivity index is 1.80. The number of hydrogen-bond acceptors (Lipinski definition) is 3. The molecule has 2 rings (SSSR count). The van der Waals surface area contributed by atoms with E-state index in [1.165, 1.54) is 6.42 Å². The predicted octanol–water partition coefficient (Wildman–Crippen LogP) is 1.41. The van der Waals surface area contributed by atoms with Crippen LogP contribution in [0.2, 0.25) is 0 Å². The van der Waals surface area contributed by atoms with Crippen molar-refractivity contribution in [2.24, 2.45) is 5.92 Å². The van der Waals surface area contributed by atoms with Crippen molar-refractivity contribution in [3.8, 4) is 0 Å². The number of pyridine rings is 1. The molecule has 0 bridgehead atoms. The van der Waals surface area contributed by atoms with Crippen LogP contribution in [0.25, 0.3) is 0 Å². The summed E-state index contributed by atoms with van der Waals surface area (Å²) in [4.78, 5) is 15.7. The Labute approximate surface area is 95.5 Å². The Morgan fingerprint density at radius 2 is 2.56 bits per heavy atom. The Bertz CT molecular complexity index is 333. The third-order valence-corrected chi connectivity index (χ3v) is 2.82. The molecule has 1 aliphatic rings. The summed E-state index contributed by atoms with van der Waals surface area (Å²) in [6.45, 7) is 2.04. The van der Waals surface area contributed by atoms with Crippen molar-refractivity contribution in [1.29, 1.82) is 0 Å². The monoisotopic (exact) mass is 219 g/mol. The summed E-state index contributed by atoms with van der Waals surface area (Å²) in [5.41, 5.74) is 0.774. The number of carbonyl (C=O) groups excluding carboxylic acids is 1. The Morgan fingerprint density at radius 3 is 3.25 bits per heavy atom. The molecule has 1 atom stereocenters. The number of carbonyl (C=O) groups is 1. The van der Waals surface area contributed by atoms with E-state index in [9.17, 15) is 4.79 Å². The second-order valence-electron chi connectivity index (χ2n) is 4.21. The van der Waals surface area contributed by atoms with Gasteiger partial charge in [-0.3, -0.25) is 9.78 Å². The summed E-state index contributed by atoms with van der Waals surface area (Å²) < 4.78 is 0. The number of amides is 1. The Kier molecular flexibility index (Phi) is 3.88. The van der Waals surface area contributed by atoms with Crippen molar-refractivity contribution in [2.45, 2.75) is 19.3 Å². The first-order valence-electron chi connectivity index (χ1n) is 5.75. The lowest BCUT2D eigenvalue weighted by atomic mass is 9.96. The minimum atomic E-state index is 0.0849. The molecule has 1 aromatic heterocycles. The first-order chi connectivity index (χ1) is 7.84. The quantitative estimate of drug-likeness (QED) is 0.808. The maximum atomic E-state index is 11.7. The third kappa shape index (κ3) is 3.31. The van der Waals surface area contributed by atoms with E-state index in [4.69, 9.17) is 0 Å². The molecule has 1 aliphatic heterocycles.